The quantitative estimate of drug-likeness (QED) is 0.536. The van der Waals surface area contributed by atoms with Gasteiger partial charge in [0.2, 0.25) is 17.7 Å². The van der Waals surface area contributed by atoms with E-state index in [4.69, 9.17) is 4.42 Å². The molecule has 0 atom stereocenters. The number of oxazole rings is 1. The van der Waals surface area contributed by atoms with Crippen LogP contribution in [-0.2, 0) is 4.79 Å². The predicted octanol–water partition coefficient (Wildman–Crippen LogP) is 5.17. The van der Waals surface area contributed by atoms with E-state index in [9.17, 15) is 9.18 Å². The molecule has 0 aliphatic carbocycles. The number of nitrogens with one attached hydrogen (secondary N) is 1. The highest BCUT2D eigenvalue weighted by atomic mass is 19.1. The van der Waals surface area contributed by atoms with Crippen molar-refractivity contribution < 1.29 is 13.6 Å². The van der Waals surface area contributed by atoms with E-state index in [2.05, 4.69) is 15.3 Å². The van der Waals surface area contributed by atoms with Crippen molar-refractivity contribution >= 4 is 11.8 Å². The minimum absolute atomic E-state index is 0.238. The second-order valence-electron chi connectivity index (χ2n) is 6.15. The van der Waals surface area contributed by atoms with Gasteiger partial charge in [-0.1, -0.05) is 48.5 Å². The predicted molar refractivity (Wildman–Crippen MR) is 105 cm³/mol. The van der Waals surface area contributed by atoms with Crippen LogP contribution in [0.15, 0.2) is 77.3 Å². The third-order valence-corrected chi connectivity index (χ3v) is 4.11. The number of rotatable bonds is 4. The molecule has 0 bridgehead atoms. The van der Waals surface area contributed by atoms with E-state index in [1.807, 2.05) is 36.4 Å². The van der Waals surface area contributed by atoms with Crippen LogP contribution < -0.4 is 5.32 Å². The molecule has 28 heavy (non-hydrogen) atoms. The van der Waals surface area contributed by atoms with Gasteiger partial charge in [0.05, 0.1) is 0 Å². The number of pyridine rings is 1. The van der Waals surface area contributed by atoms with Crippen molar-refractivity contribution in [3.05, 3.63) is 78.7 Å². The van der Waals surface area contributed by atoms with E-state index in [1.165, 1.54) is 19.1 Å². The number of nitrogens with zero attached hydrogens (tertiary/aromatic N) is 2. The average molecular weight is 373 g/mol. The lowest BCUT2D eigenvalue weighted by Crippen LogP contribution is -2.05. The Morgan fingerprint density at radius 2 is 1.75 bits per heavy atom. The lowest BCUT2D eigenvalue weighted by atomic mass is 10.0. The molecule has 0 radical (unpaired) electrons. The first kappa shape index (κ1) is 17.6. The second kappa shape index (κ2) is 7.44. The van der Waals surface area contributed by atoms with Crippen LogP contribution in [0.3, 0.4) is 0 Å². The van der Waals surface area contributed by atoms with Gasteiger partial charge in [0.25, 0.3) is 0 Å². The van der Waals surface area contributed by atoms with E-state index >= 15 is 0 Å². The van der Waals surface area contributed by atoms with Crippen molar-refractivity contribution in [3.63, 3.8) is 0 Å². The van der Waals surface area contributed by atoms with Gasteiger partial charge < -0.3 is 4.42 Å². The molecule has 0 saturated heterocycles. The molecular weight excluding hydrogens is 357 g/mol. The Morgan fingerprint density at radius 1 is 0.964 bits per heavy atom. The number of carbonyl (C=O) groups excluding carboxylic acids is 1. The maximum absolute atomic E-state index is 13.7. The van der Waals surface area contributed by atoms with Crippen LogP contribution in [0.4, 0.5) is 10.3 Å². The van der Waals surface area contributed by atoms with Crippen molar-refractivity contribution in [2.24, 2.45) is 0 Å². The highest BCUT2D eigenvalue weighted by Crippen LogP contribution is 2.36. The normalized spacial score (nSPS) is 10.6. The zero-order valence-corrected chi connectivity index (χ0v) is 15.0. The van der Waals surface area contributed by atoms with Crippen molar-refractivity contribution in [2.45, 2.75) is 6.92 Å². The van der Waals surface area contributed by atoms with Gasteiger partial charge in [-0.25, -0.2) is 9.37 Å². The van der Waals surface area contributed by atoms with Gasteiger partial charge in [0.15, 0.2) is 0 Å². The molecule has 4 rings (SSSR count). The lowest BCUT2D eigenvalue weighted by molar-refractivity contribution is -0.114. The molecule has 1 N–H and O–H groups in total. The topological polar surface area (TPSA) is 68.0 Å². The monoisotopic (exact) mass is 373 g/mol. The SMILES string of the molecule is CC(=O)Nc1oc(-c2ncccc2-c2cccc(F)c2)nc1-c1ccccc1. The first-order chi connectivity index (χ1) is 13.6. The first-order valence-corrected chi connectivity index (χ1v) is 8.67. The highest BCUT2D eigenvalue weighted by molar-refractivity contribution is 5.92. The van der Waals surface area contributed by atoms with Gasteiger partial charge in [-0.15, -0.1) is 0 Å². The van der Waals surface area contributed by atoms with Crippen LogP contribution in [0.1, 0.15) is 6.92 Å². The van der Waals surface area contributed by atoms with E-state index in [-0.39, 0.29) is 23.5 Å². The van der Waals surface area contributed by atoms with Gasteiger partial charge in [-0.2, -0.15) is 0 Å². The third kappa shape index (κ3) is 3.53. The maximum atomic E-state index is 13.7. The Balaban J connectivity index is 1.87. The molecule has 1 amide bonds. The van der Waals surface area contributed by atoms with Crippen LogP contribution in [0.25, 0.3) is 34.0 Å². The van der Waals surface area contributed by atoms with Crippen LogP contribution in [0.2, 0.25) is 0 Å². The molecule has 2 heterocycles. The molecular formula is C22H16FN3O2. The third-order valence-electron chi connectivity index (χ3n) is 4.11. The number of hydrogen-bond donors (Lipinski definition) is 1. The summed E-state index contributed by atoms with van der Waals surface area (Å²) in [6.07, 6.45) is 1.61. The number of amides is 1. The molecule has 0 spiro atoms. The average Bonchev–Trinajstić information content (AvgIpc) is 3.11. The van der Waals surface area contributed by atoms with Crippen LogP contribution in [0, 0.1) is 5.82 Å². The fourth-order valence-corrected chi connectivity index (χ4v) is 2.92. The summed E-state index contributed by atoms with van der Waals surface area (Å²) in [7, 11) is 0. The van der Waals surface area contributed by atoms with Crippen molar-refractivity contribution in [3.8, 4) is 34.0 Å². The second-order valence-corrected chi connectivity index (χ2v) is 6.15. The Morgan fingerprint density at radius 3 is 2.50 bits per heavy atom. The van der Waals surface area contributed by atoms with Crippen LogP contribution >= 0.6 is 0 Å². The number of aromatic nitrogens is 2. The van der Waals surface area contributed by atoms with E-state index in [0.717, 1.165) is 5.56 Å². The minimum Gasteiger partial charge on any atom is -0.418 e. The summed E-state index contributed by atoms with van der Waals surface area (Å²) in [5.74, 6) is -0.137. The molecule has 6 heteroatoms. The molecule has 2 aromatic heterocycles. The number of hydrogen-bond acceptors (Lipinski definition) is 4. The molecule has 0 aliphatic rings. The van der Waals surface area contributed by atoms with Gasteiger partial charge in [0, 0.05) is 24.2 Å². The van der Waals surface area contributed by atoms with Crippen molar-refractivity contribution in [1.29, 1.82) is 0 Å². The zero-order valence-electron chi connectivity index (χ0n) is 15.0. The Kier molecular flexibility index (Phi) is 4.68. The molecule has 0 saturated carbocycles. The van der Waals surface area contributed by atoms with Crippen LogP contribution in [-0.4, -0.2) is 15.9 Å². The highest BCUT2D eigenvalue weighted by Gasteiger charge is 2.20. The Labute approximate surface area is 160 Å². The largest absolute Gasteiger partial charge is 0.418 e. The van der Waals surface area contributed by atoms with Crippen LogP contribution in [0.5, 0.6) is 0 Å². The van der Waals surface area contributed by atoms with Crippen molar-refractivity contribution in [1.82, 2.24) is 9.97 Å². The van der Waals surface area contributed by atoms with Crippen molar-refractivity contribution in [2.75, 3.05) is 5.32 Å². The molecule has 0 aliphatic heterocycles. The Hall–Kier alpha value is -3.80. The summed E-state index contributed by atoms with van der Waals surface area (Å²) in [5.41, 5.74) is 3.09. The fourth-order valence-electron chi connectivity index (χ4n) is 2.92. The standard InChI is InChI=1S/C22H16FN3O2/c1-14(27)25-21-19(15-7-3-2-4-8-15)26-22(28-21)20-18(11-6-12-24-20)16-9-5-10-17(23)13-16/h2-13H,1H3,(H,25,27). The smallest absolute Gasteiger partial charge is 0.248 e. The number of halogens is 1. The fraction of sp³-hybridized carbons (Fsp3) is 0.0455. The summed E-state index contributed by atoms with van der Waals surface area (Å²) in [6.45, 7) is 1.40. The first-order valence-electron chi connectivity index (χ1n) is 8.67. The molecule has 138 valence electrons. The van der Waals surface area contributed by atoms with E-state index in [1.54, 1.807) is 24.4 Å². The molecule has 0 unspecified atom stereocenters. The van der Waals surface area contributed by atoms with E-state index < -0.39 is 0 Å². The lowest BCUT2D eigenvalue weighted by Gasteiger charge is -2.05. The summed E-state index contributed by atoms with van der Waals surface area (Å²) in [5, 5.41) is 2.67. The van der Waals surface area contributed by atoms with Gasteiger partial charge >= 0.3 is 0 Å². The maximum Gasteiger partial charge on any atom is 0.248 e. The summed E-state index contributed by atoms with van der Waals surface area (Å²) in [6, 6.07) is 19.2. The number of carbonyl (C=O) groups is 1. The number of benzene rings is 2. The van der Waals surface area contributed by atoms with Gasteiger partial charge in [-0.05, 0) is 23.8 Å². The summed E-state index contributed by atoms with van der Waals surface area (Å²) < 4.78 is 19.6. The zero-order chi connectivity index (χ0) is 19.5. The van der Waals surface area contributed by atoms with Gasteiger partial charge in [0.1, 0.15) is 17.2 Å². The molecule has 4 aromatic rings. The molecule has 0 fully saturated rings. The number of anilines is 1. The summed E-state index contributed by atoms with van der Waals surface area (Å²) >= 11 is 0. The summed E-state index contributed by atoms with van der Waals surface area (Å²) in [4.78, 5) is 20.6. The molecule has 5 nitrogen and oxygen atoms in total. The Bertz CT molecular complexity index is 1140. The van der Waals surface area contributed by atoms with Gasteiger partial charge in [-0.3, -0.25) is 15.1 Å². The molecule has 2 aromatic carbocycles. The minimum atomic E-state index is -0.344. The van der Waals surface area contributed by atoms with E-state index in [0.29, 0.717) is 22.5 Å².